The predicted molar refractivity (Wildman–Crippen MR) is 71.0 cm³/mol. The van der Waals surface area contributed by atoms with E-state index in [1.54, 1.807) is 19.0 Å². The number of nitrogens with one attached hydrogen (secondary N) is 1. The molecule has 4 nitrogen and oxygen atoms in total. The molecular weight excluding hydrogens is 214 g/mol. The molecule has 1 heterocycles. The van der Waals surface area contributed by atoms with Crippen molar-refractivity contribution in [1.29, 1.82) is 0 Å². The summed E-state index contributed by atoms with van der Waals surface area (Å²) in [5.74, 6) is 0.149. The van der Waals surface area contributed by atoms with E-state index in [-0.39, 0.29) is 11.9 Å². The van der Waals surface area contributed by atoms with Gasteiger partial charge < -0.3 is 10.2 Å². The molecule has 0 spiro atoms. The Kier molecular flexibility index (Phi) is 5.92. The Morgan fingerprint density at radius 3 is 2.35 bits per heavy atom. The van der Waals surface area contributed by atoms with Gasteiger partial charge in [0, 0.05) is 26.7 Å². The van der Waals surface area contributed by atoms with Crippen molar-refractivity contribution < 1.29 is 4.79 Å². The standard InChI is InChI=1S/C13H27N3O/c1-11(16-8-6-5-7-9-16)10-14-12(2)13(17)15(3)4/h11-12,14H,5-10H2,1-4H3. The highest BCUT2D eigenvalue weighted by atomic mass is 16.2. The van der Waals surface area contributed by atoms with E-state index < -0.39 is 0 Å². The minimum absolute atomic E-state index is 0.0859. The second-order valence-electron chi connectivity index (χ2n) is 5.31. The molecule has 1 aliphatic rings. The summed E-state index contributed by atoms with van der Waals surface area (Å²) >= 11 is 0. The summed E-state index contributed by atoms with van der Waals surface area (Å²) in [6.07, 6.45) is 4.00. The van der Waals surface area contributed by atoms with Gasteiger partial charge in [-0.1, -0.05) is 6.42 Å². The van der Waals surface area contributed by atoms with E-state index >= 15 is 0 Å². The molecule has 1 saturated heterocycles. The molecular formula is C13H27N3O. The van der Waals surface area contributed by atoms with Crippen LogP contribution >= 0.6 is 0 Å². The lowest BCUT2D eigenvalue weighted by molar-refractivity contribution is -0.130. The van der Waals surface area contributed by atoms with Crippen LogP contribution in [-0.4, -0.2) is 61.5 Å². The first-order valence-electron chi connectivity index (χ1n) is 6.71. The number of piperidine rings is 1. The topological polar surface area (TPSA) is 35.6 Å². The van der Waals surface area contributed by atoms with Crippen molar-refractivity contribution in [2.24, 2.45) is 0 Å². The van der Waals surface area contributed by atoms with Crippen molar-refractivity contribution in [1.82, 2.24) is 15.1 Å². The zero-order valence-corrected chi connectivity index (χ0v) is 11.7. The molecule has 0 saturated carbocycles. The Morgan fingerprint density at radius 2 is 1.82 bits per heavy atom. The Hall–Kier alpha value is -0.610. The second-order valence-corrected chi connectivity index (χ2v) is 5.31. The average molecular weight is 241 g/mol. The van der Waals surface area contributed by atoms with E-state index in [2.05, 4.69) is 17.1 Å². The number of rotatable bonds is 5. The highest BCUT2D eigenvalue weighted by Crippen LogP contribution is 2.11. The van der Waals surface area contributed by atoms with E-state index in [0.717, 1.165) is 6.54 Å². The fraction of sp³-hybridized carbons (Fsp3) is 0.923. The molecule has 1 amide bonds. The summed E-state index contributed by atoms with van der Waals surface area (Å²) in [6.45, 7) is 7.48. The van der Waals surface area contributed by atoms with Gasteiger partial charge in [0.15, 0.2) is 0 Å². The maximum atomic E-state index is 11.7. The van der Waals surface area contributed by atoms with Crippen LogP contribution in [0, 0.1) is 0 Å². The zero-order chi connectivity index (χ0) is 12.8. The molecule has 4 heteroatoms. The van der Waals surface area contributed by atoms with Gasteiger partial charge in [-0.3, -0.25) is 9.69 Å². The van der Waals surface area contributed by atoms with Gasteiger partial charge in [0.25, 0.3) is 0 Å². The molecule has 1 fully saturated rings. The van der Waals surface area contributed by atoms with Gasteiger partial charge in [0.2, 0.25) is 5.91 Å². The van der Waals surface area contributed by atoms with Crippen molar-refractivity contribution >= 4 is 5.91 Å². The van der Waals surface area contributed by atoms with Crippen LogP contribution in [0.5, 0.6) is 0 Å². The van der Waals surface area contributed by atoms with Crippen LogP contribution in [-0.2, 0) is 4.79 Å². The number of hydrogen-bond acceptors (Lipinski definition) is 3. The average Bonchev–Trinajstić information content (AvgIpc) is 2.35. The lowest BCUT2D eigenvalue weighted by atomic mass is 10.1. The number of likely N-dealkylation sites (tertiary alicyclic amines) is 1. The Labute approximate surface area is 105 Å². The largest absolute Gasteiger partial charge is 0.347 e. The molecule has 0 radical (unpaired) electrons. The molecule has 1 rings (SSSR count). The van der Waals surface area contributed by atoms with E-state index in [1.807, 2.05) is 6.92 Å². The monoisotopic (exact) mass is 241 g/mol. The van der Waals surface area contributed by atoms with Crippen molar-refractivity contribution in [3.8, 4) is 0 Å². The fourth-order valence-corrected chi connectivity index (χ4v) is 2.31. The van der Waals surface area contributed by atoms with Crippen LogP contribution in [0.4, 0.5) is 0 Å². The molecule has 0 aromatic carbocycles. The third kappa shape index (κ3) is 4.64. The number of carbonyl (C=O) groups excluding carboxylic acids is 1. The lowest BCUT2D eigenvalue weighted by Crippen LogP contribution is -2.48. The molecule has 0 bridgehead atoms. The maximum Gasteiger partial charge on any atom is 0.238 e. The van der Waals surface area contributed by atoms with Crippen molar-refractivity contribution in [3.63, 3.8) is 0 Å². The van der Waals surface area contributed by atoms with Crippen molar-refractivity contribution in [3.05, 3.63) is 0 Å². The summed E-state index contributed by atoms with van der Waals surface area (Å²) in [5, 5.41) is 3.33. The fourth-order valence-electron chi connectivity index (χ4n) is 2.31. The molecule has 0 aromatic rings. The first-order valence-corrected chi connectivity index (χ1v) is 6.71. The van der Waals surface area contributed by atoms with Gasteiger partial charge in [-0.2, -0.15) is 0 Å². The quantitative estimate of drug-likeness (QED) is 0.778. The third-order valence-corrected chi connectivity index (χ3v) is 3.54. The van der Waals surface area contributed by atoms with Crippen molar-refractivity contribution in [2.75, 3.05) is 33.7 Å². The van der Waals surface area contributed by atoms with E-state index in [0.29, 0.717) is 6.04 Å². The summed E-state index contributed by atoms with van der Waals surface area (Å²) in [4.78, 5) is 15.8. The first kappa shape index (κ1) is 14.5. The number of hydrogen-bond donors (Lipinski definition) is 1. The molecule has 2 unspecified atom stereocenters. The highest BCUT2D eigenvalue weighted by molar-refractivity contribution is 5.80. The van der Waals surface area contributed by atoms with Crippen LogP contribution in [0.3, 0.4) is 0 Å². The van der Waals surface area contributed by atoms with E-state index in [4.69, 9.17) is 0 Å². The lowest BCUT2D eigenvalue weighted by Gasteiger charge is -2.33. The minimum atomic E-state index is -0.0859. The van der Waals surface area contributed by atoms with Gasteiger partial charge in [0.1, 0.15) is 0 Å². The minimum Gasteiger partial charge on any atom is -0.347 e. The molecule has 17 heavy (non-hydrogen) atoms. The van der Waals surface area contributed by atoms with Crippen LogP contribution in [0.25, 0.3) is 0 Å². The highest BCUT2D eigenvalue weighted by Gasteiger charge is 2.19. The van der Waals surface area contributed by atoms with Gasteiger partial charge in [-0.05, 0) is 39.8 Å². The van der Waals surface area contributed by atoms with Gasteiger partial charge >= 0.3 is 0 Å². The number of amides is 1. The van der Waals surface area contributed by atoms with E-state index in [1.165, 1.54) is 32.4 Å². The van der Waals surface area contributed by atoms with Gasteiger partial charge in [-0.15, -0.1) is 0 Å². The maximum absolute atomic E-state index is 11.7. The van der Waals surface area contributed by atoms with Crippen LogP contribution in [0.15, 0.2) is 0 Å². The third-order valence-electron chi connectivity index (χ3n) is 3.54. The normalized spacial score (nSPS) is 20.9. The zero-order valence-electron chi connectivity index (χ0n) is 11.7. The molecule has 0 aliphatic carbocycles. The van der Waals surface area contributed by atoms with Gasteiger partial charge in [-0.25, -0.2) is 0 Å². The molecule has 1 aliphatic heterocycles. The molecule has 1 N–H and O–H groups in total. The second kappa shape index (κ2) is 6.97. The van der Waals surface area contributed by atoms with Crippen LogP contribution < -0.4 is 5.32 Å². The predicted octanol–water partition coefficient (Wildman–Crippen LogP) is 0.927. The molecule has 2 atom stereocenters. The van der Waals surface area contributed by atoms with E-state index in [9.17, 15) is 4.79 Å². The molecule has 100 valence electrons. The Morgan fingerprint density at radius 1 is 1.24 bits per heavy atom. The Bertz CT molecular complexity index is 237. The number of carbonyl (C=O) groups is 1. The summed E-state index contributed by atoms with van der Waals surface area (Å²) in [7, 11) is 3.60. The molecule has 0 aromatic heterocycles. The first-order chi connectivity index (χ1) is 8.02. The number of nitrogens with zero attached hydrogens (tertiary/aromatic N) is 2. The summed E-state index contributed by atoms with van der Waals surface area (Å²) in [6, 6.07) is 0.435. The van der Waals surface area contributed by atoms with Crippen molar-refractivity contribution in [2.45, 2.75) is 45.2 Å². The van der Waals surface area contributed by atoms with Crippen LogP contribution in [0.2, 0.25) is 0 Å². The smallest absolute Gasteiger partial charge is 0.238 e. The summed E-state index contributed by atoms with van der Waals surface area (Å²) < 4.78 is 0. The summed E-state index contributed by atoms with van der Waals surface area (Å²) in [5.41, 5.74) is 0. The Balaban J connectivity index is 2.26. The van der Waals surface area contributed by atoms with Crippen LogP contribution in [0.1, 0.15) is 33.1 Å². The SMILES string of the molecule is CC(NCC(C)N1CCCCC1)C(=O)N(C)C. The van der Waals surface area contributed by atoms with Gasteiger partial charge in [0.05, 0.1) is 6.04 Å². The number of likely N-dealkylation sites (N-methyl/N-ethyl adjacent to an activating group) is 1.